The largest absolute Gasteiger partial charge is 0.507 e. The van der Waals surface area contributed by atoms with Crippen LogP contribution in [-0.2, 0) is 16.0 Å². The van der Waals surface area contributed by atoms with E-state index in [0.717, 1.165) is 18.4 Å². The van der Waals surface area contributed by atoms with E-state index < -0.39 is 17.7 Å². The first-order valence-electron chi connectivity index (χ1n) is 13.0. The summed E-state index contributed by atoms with van der Waals surface area (Å²) in [6.07, 6.45) is 2.50. The minimum atomic E-state index is -0.762. The number of ketones is 1. The number of carbonyl (C=O) groups is 2. The van der Waals surface area contributed by atoms with Crippen molar-refractivity contribution in [2.45, 2.75) is 32.2 Å². The van der Waals surface area contributed by atoms with Gasteiger partial charge in [-0.15, -0.1) is 0 Å². The van der Waals surface area contributed by atoms with Crippen molar-refractivity contribution in [3.05, 3.63) is 95.1 Å². The van der Waals surface area contributed by atoms with Crippen LogP contribution in [0.1, 0.15) is 42.5 Å². The number of Topliss-reactive ketones (excluding diaryl/α,β-unsaturated/α-hetero) is 1. The van der Waals surface area contributed by atoms with E-state index in [1.165, 1.54) is 0 Å². The van der Waals surface area contributed by atoms with E-state index in [4.69, 9.17) is 14.2 Å². The van der Waals surface area contributed by atoms with Gasteiger partial charge < -0.3 is 24.2 Å². The Bertz CT molecular complexity index is 1350. The fourth-order valence-electron chi connectivity index (χ4n) is 4.81. The highest BCUT2D eigenvalue weighted by molar-refractivity contribution is 6.46. The van der Waals surface area contributed by atoms with Crippen molar-refractivity contribution >= 4 is 17.4 Å². The number of nitrogens with zero attached hydrogens (tertiary/aromatic N) is 1. The van der Waals surface area contributed by atoms with Gasteiger partial charge in [-0.25, -0.2) is 0 Å². The second-order valence-corrected chi connectivity index (χ2v) is 9.36. The monoisotopic (exact) mass is 513 g/mol. The highest BCUT2D eigenvalue weighted by Gasteiger charge is 2.46. The van der Waals surface area contributed by atoms with E-state index in [9.17, 15) is 14.7 Å². The first kappa shape index (κ1) is 25.4. The smallest absolute Gasteiger partial charge is 0.295 e. The van der Waals surface area contributed by atoms with Crippen molar-refractivity contribution in [3.8, 4) is 17.2 Å². The molecule has 7 nitrogen and oxygen atoms in total. The topological polar surface area (TPSA) is 85.3 Å². The molecule has 1 amide bonds. The standard InChI is InChI=1S/C31H31NO6/c1-2-3-16-36-24-11-7-10-22(19-24)28-27(29(33)23-12-13-25-26(20-23)38-18-17-37-25)30(34)31(35)32(28)15-14-21-8-5-4-6-9-21/h4-13,19-20,28,33H,2-3,14-18H2,1H3/b29-27+/t28-/m0/s1. The maximum atomic E-state index is 13.4. The van der Waals surface area contributed by atoms with Gasteiger partial charge in [0.1, 0.15) is 24.7 Å². The number of benzene rings is 3. The Hall–Kier alpha value is -4.26. The summed E-state index contributed by atoms with van der Waals surface area (Å²) >= 11 is 0. The molecule has 1 N–H and O–H groups in total. The Kier molecular flexibility index (Phi) is 7.63. The lowest BCUT2D eigenvalue weighted by Crippen LogP contribution is -2.31. The lowest BCUT2D eigenvalue weighted by molar-refractivity contribution is -0.139. The Morgan fingerprint density at radius 1 is 0.974 bits per heavy atom. The minimum absolute atomic E-state index is 0.0467. The summed E-state index contributed by atoms with van der Waals surface area (Å²) in [5.74, 6) is 0.120. The zero-order valence-corrected chi connectivity index (χ0v) is 21.4. The average Bonchev–Trinajstić information content (AvgIpc) is 3.21. The third-order valence-electron chi connectivity index (χ3n) is 6.78. The molecule has 0 aliphatic carbocycles. The Morgan fingerprint density at radius 2 is 1.76 bits per heavy atom. The number of ether oxygens (including phenoxy) is 3. The summed E-state index contributed by atoms with van der Waals surface area (Å²) in [5, 5.41) is 11.4. The molecule has 1 saturated heterocycles. The summed E-state index contributed by atoms with van der Waals surface area (Å²) in [5.41, 5.74) is 2.18. The molecule has 0 aromatic heterocycles. The number of hydrogen-bond acceptors (Lipinski definition) is 6. The van der Waals surface area contributed by atoms with Crippen molar-refractivity contribution in [1.29, 1.82) is 0 Å². The number of carbonyl (C=O) groups excluding carboxylic acids is 2. The van der Waals surface area contributed by atoms with Crippen LogP contribution in [0.25, 0.3) is 5.76 Å². The second kappa shape index (κ2) is 11.4. The van der Waals surface area contributed by atoms with Crippen LogP contribution >= 0.6 is 0 Å². The lowest BCUT2D eigenvalue weighted by atomic mass is 9.95. The van der Waals surface area contributed by atoms with Crippen LogP contribution in [0.5, 0.6) is 17.2 Å². The number of aliphatic hydroxyl groups is 1. The quantitative estimate of drug-likeness (QED) is 0.181. The molecule has 0 bridgehead atoms. The van der Waals surface area contributed by atoms with Crippen molar-refractivity contribution in [2.24, 2.45) is 0 Å². The summed E-state index contributed by atoms with van der Waals surface area (Å²) in [6.45, 7) is 3.83. The van der Waals surface area contributed by atoms with Gasteiger partial charge in [-0.1, -0.05) is 55.8 Å². The third kappa shape index (κ3) is 5.23. The van der Waals surface area contributed by atoms with Gasteiger partial charge in [-0.2, -0.15) is 0 Å². The van der Waals surface area contributed by atoms with Gasteiger partial charge in [0.15, 0.2) is 11.5 Å². The van der Waals surface area contributed by atoms with Gasteiger partial charge >= 0.3 is 0 Å². The number of fused-ring (bicyclic) bond motifs is 1. The zero-order chi connectivity index (χ0) is 26.5. The lowest BCUT2D eigenvalue weighted by Gasteiger charge is -2.26. The van der Waals surface area contributed by atoms with Crippen LogP contribution in [-0.4, -0.2) is 48.1 Å². The summed E-state index contributed by atoms with van der Waals surface area (Å²) in [6, 6.07) is 21.5. The fourth-order valence-corrected chi connectivity index (χ4v) is 4.81. The average molecular weight is 514 g/mol. The second-order valence-electron chi connectivity index (χ2n) is 9.36. The third-order valence-corrected chi connectivity index (χ3v) is 6.78. The number of rotatable bonds is 9. The molecule has 1 fully saturated rings. The first-order valence-corrected chi connectivity index (χ1v) is 13.0. The van der Waals surface area contributed by atoms with Crippen LogP contribution in [0.2, 0.25) is 0 Å². The number of likely N-dealkylation sites (tertiary alicyclic amines) is 1. The van der Waals surface area contributed by atoms with Gasteiger partial charge in [0.2, 0.25) is 0 Å². The van der Waals surface area contributed by atoms with E-state index in [1.807, 2.05) is 54.6 Å². The molecule has 0 unspecified atom stereocenters. The first-order chi connectivity index (χ1) is 18.6. The van der Waals surface area contributed by atoms with E-state index >= 15 is 0 Å². The molecule has 0 radical (unpaired) electrons. The summed E-state index contributed by atoms with van der Waals surface area (Å²) in [4.78, 5) is 28.3. The number of amides is 1. The predicted octanol–water partition coefficient (Wildman–Crippen LogP) is 5.30. The molecule has 2 aliphatic heterocycles. The Labute approximate surface area is 222 Å². The van der Waals surface area contributed by atoms with Crippen molar-refractivity contribution in [3.63, 3.8) is 0 Å². The number of aliphatic hydroxyl groups excluding tert-OH is 1. The maximum absolute atomic E-state index is 13.4. The van der Waals surface area contributed by atoms with Crippen molar-refractivity contribution in [2.75, 3.05) is 26.4 Å². The molecule has 1 atom stereocenters. The molecule has 2 aliphatic rings. The van der Waals surface area contributed by atoms with Gasteiger partial charge in [0.05, 0.1) is 18.2 Å². The molecule has 38 heavy (non-hydrogen) atoms. The molecule has 0 saturated carbocycles. The van der Waals surface area contributed by atoms with E-state index in [1.54, 1.807) is 23.1 Å². The Morgan fingerprint density at radius 3 is 2.55 bits per heavy atom. The number of hydrogen-bond donors (Lipinski definition) is 1. The summed E-state index contributed by atoms with van der Waals surface area (Å²) in [7, 11) is 0. The maximum Gasteiger partial charge on any atom is 0.295 e. The SMILES string of the molecule is CCCCOc1cccc([C@H]2/C(=C(\O)c3ccc4c(c3)OCCO4)C(=O)C(=O)N2CCc2ccccc2)c1. The highest BCUT2D eigenvalue weighted by Crippen LogP contribution is 2.41. The Balaban J connectivity index is 1.55. The van der Waals surface area contributed by atoms with Gasteiger partial charge in [0, 0.05) is 12.1 Å². The molecule has 196 valence electrons. The fraction of sp³-hybridized carbons (Fsp3) is 0.290. The van der Waals surface area contributed by atoms with Crippen molar-refractivity contribution < 1.29 is 28.9 Å². The van der Waals surface area contributed by atoms with Gasteiger partial charge in [-0.05, 0) is 54.3 Å². The normalized spacial score (nSPS) is 18.0. The molecule has 7 heteroatoms. The molecule has 5 rings (SSSR count). The molecule has 2 heterocycles. The molecule has 0 spiro atoms. The molecular formula is C31H31NO6. The summed E-state index contributed by atoms with van der Waals surface area (Å²) < 4.78 is 17.2. The predicted molar refractivity (Wildman–Crippen MR) is 143 cm³/mol. The molecular weight excluding hydrogens is 482 g/mol. The minimum Gasteiger partial charge on any atom is -0.507 e. The van der Waals surface area contributed by atoms with Crippen molar-refractivity contribution in [1.82, 2.24) is 4.90 Å². The zero-order valence-electron chi connectivity index (χ0n) is 21.4. The number of unbranched alkanes of at least 4 members (excludes halogenated alkanes) is 1. The van der Waals surface area contributed by atoms with Crippen LogP contribution in [0, 0.1) is 0 Å². The van der Waals surface area contributed by atoms with Crippen LogP contribution in [0.4, 0.5) is 0 Å². The van der Waals surface area contributed by atoms with E-state index in [-0.39, 0.29) is 11.3 Å². The molecule has 3 aromatic carbocycles. The van der Waals surface area contributed by atoms with E-state index in [0.29, 0.717) is 61.2 Å². The van der Waals surface area contributed by atoms with Gasteiger partial charge in [-0.3, -0.25) is 9.59 Å². The molecule has 3 aromatic rings. The highest BCUT2D eigenvalue weighted by atomic mass is 16.6. The van der Waals surface area contributed by atoms with Crippen LogP contribution < -0.4 is 14.2 Å². The van der Waals surface area contributed by atoms with E-state index in [2.05, 4.69) is 6.92 Å². The van der Waals surface area contributed by atoms with Gasteiger partial charge in [0.25, 0.3) is 11.7 Å². The van der Waals surface area contributed by atoms with Crippen LogP contribution in [0.15, 0.2) is 78.4 Å². The van der Waals surface area contributed by atoms with Crippen LogP contribution in [0.3, 0.4) is 0 Å².